The molecule has 120 valence electrons. The number of amides is 3. The zero-order valence-electron chi connectivity index (χ0n) is 11.8. The van der Waals surface area contributed by atoms with Crippen LogP contribution < -0.4 is 21.7 Å². The van der Waals surface area contributed by atoms with E-state index in [4.69, 9.17) is 10.2 Å². The number of furan rings is 1. The topological polar surface area (TPSA) is 126 Å². The minimum absolute atomic E-state index is 0.0924. The third kappa shape index (κ3) is 5.41. The van der Waals surface area contributed by atoms with Crippen molar-refractivity contribution < 1.29 is 18.8 Å². The van der Waals surface area contributed by atoms with Crippen molar-refractivity contribution in [2.75, 3.05) is 5.75 Å². The Hall–Kier alpha value is -2.00. The molecule has 0 radical (unpaired) electrons. The van der Waals surface area contributed by atoms with Gasteiger partial charge < -0.3 is 20.8 Å². The summed E-state index contributed by atoms with van der Waals surface area (Å²) in [6.07, 6.45) is 1.83. The number of nitrogens with two attached hydrogens (primary N) is 1. The second-order valence-electron chi connectivity index (χ2n) is 4.85. The van der Waals surface area contributed by atoms with Crippen LogP contribution in [0.25, 0.3) is 0 Å². The van der Waals surface area contributed by atoms with Crippen molar-refractivity contribution in [3.05, 3.63) is 24.2 Å². The van der Waals surface area contributed by atoms with Crippen LogP contribution in [0.15, 0.2) is 22.8 Å². The molecule has 0 aliphatic carbocycles. The number of hydrogen-bond donors (Lipinski definition) is 4. The summed E-state index contributed by atoms with van der Waals surface area (Å²) in [6.45, 7) is 0.321. The van der Waals surface area contributed by atoms with Gasteiger partial charge in [-0.05, 0) is 12.1 Å². The molecule has 1 saturated heterocycles. The van der Waals surface area contributed by atoms with Crippen LogP contribution in [0.5, 0.6) is 0 Å². The molecule has 2 unspecified atom stereocenters. The van der Waals surface area contributed by atoms with Crippen LogP contribution in [0.1, 0.15) is 18.6 Å². The lowest BCUT2D eigenvalue weighted by atomic mass is 10.1. The number of rotatable bonds is 7. The molecule has 2 heterocycles. The van der Waals surface area contributed by atoms with Crippen LogP contribution in [0.3, 0.4) is 0 Å². The summed E-state index contributed by atoms with van der Waals surface area (Å²) in [7, 11) is 0. The van der Waals surface area contributed by atoms with Gasteiger partial charge in [-0.3, -0.25) is 19.7 Å². The lowest BCUT2D eigenvalue weighted by molar-refractivity contribution is -0.124. The molecule has 22 heavy (non-hydrogen) atoms. The number of thioether (sulfide) groups is 1. The molecule has 0 bridgehead atoms. The predicted molar refractivity (Wildman–Crippen MR) is 80.3 cm³/mol. The van der Waals surface area contributed by atoms with E-state index >= 15 is 0 Å². The summed E-state index contributed by atoms with van der Waals surface area (Å²) in [6, 6.07) is 3.22. The molecule has 0 saturated carbocycles. The summed E-state index contributed by atoms with van der Waals surface area (Å²) >= 11 is 1.24. The molecule has 1 aliphatic rings. The molecule has 2 atom stereocenters. The van der Waals surface area contributed by atoms with Gasteiger partial charge in [-0.1, -0.05) is 0 Å². The molecule has 1 aromatic rings. The summed E-state index contributed by atoms with van der Waals surface area (Å²) < 4.78 is 5.11. The van der Waals surface area contributed by atoms with Crippen LogP contribution in [0.2, 0.25) is 0 Å². The van der Waals surface area contributed by atoms with Crippen molar-refractivity contribution >= 4 is 29.5 Å². The quantitative estimate of drug-likeness (QED) is 0.523. The maximum absolute atomic E-state index is 11.7. The van der Waals surface area contributed by atoms with Gasteiger partial charge in [0.05, 0.1) is 18.6 Å². The number of primary amides is 1. The van der Waals surface area contributed by atoms with Crippen molar-refractivity contribution in [2.24, 2.45) is 5.73 Å². The second-order valence-corrected chi connectivity index (χ2v) is 5.95. The van der Waals surface area contributed by atoms with Gasteiger partial charge >= 0.3 is 0 Å². The Labute approximate surface area is 131 Å². The largest absolute Gasteiger partial charge is 0.467 e. The van der Waals surface area contributed by atoms with Crippen LogP contribution in [0.4, 0.5) is 0 Å². The molecule has 0 spiro atoms. The van der Waals surface area contributed by atoms with Gasteiger partial charge in [-0.25, -0.2) is 0 Å². The molecule has 2 rings (SSSR count). The van der Waals surface area contributed by atoms with E-state index in [1.54, 1.807) is 12.1 Å². The molecular weight excluding hydrogens is 308 g/mol. The fraction of sp³-hybridized carbons (Fsp3) is 0.462. The summed E-state index contributed by atoms with van der Waals surface area (Å²) in [4.78, 5) is 34.2. The van der Waals surface area contributed by atoms with Crippen LogP contribution in [-0.4, -0.2) is 35.0 Å². The van der Waals surface area contributed by atoms with Gasteiger partial charge in [0, 0.05) is 18.9 Å². The molecule has 9 heteroatoms. The van der Waals surface area contributed by atoms with Crippen LogP contribution in [-0.2, 0) is 20.9 Å². The predicted octanol–water partition coefficient (Wildman–Crippen LogP) is -0.734. The first-order valence-corrected chi connectivity index (χ1v) is 7.82. The zero-order valence-corrected chi connectivity index (χ0v) is 12.7. The highest BCUT2D eigenvalue weighted by molar-refractivity contribution is 8.00. The van der Waals surface area contributed by atoms with E-state index in [1.165, 1.54) is 18.0 Å². The molecule has 8 nitrogen and oxygen atoms in total. The highest BCUT2D eigenvalue weighted by Gasteiger charge is 2.27. The third-order valence-corrected chi connectivity index (χ3v) is 4.00. The third-order valence-electron chi connectivity index (χ3n) is 2.98. The van der Waals surface area contributed by atoms with E-state index in [2.05, 4.69) is 16.0 Å². The first-order chi connectivity index (χ1) is 10.5. The first-order valence-electron chi connectivity index (χ1n) is 6.77. The first kappa shape index (κ1) is 16.4. The number of nitrogens with one attached hydrogen (secondary N) is 3. The van der Waals surface area contributed by atoms with E-state index in [9.17, 15) is 14.4 Å². The summed E-state index contributed by atoms with van der Waals surface area (Å²) in [5.74, 6) is 0.0335. The minimum Gasteiger partial charge on any atom is -0.467 e. The van der Waals surface area contributed by atoms with Crippen molar-refractivity contribution in [2.45, 2.75) is 30.9 Å². The number of carbonyl (C=O) groups is 3. The van der Waals surface area contributed by atoms with Gasteiger partial charge in [0.25, 0.3) is 0 Å². The highest BCUT2D eigenvalue weighted by Crippen LogP contribution is 2.13. The normalized spacial score (nSPS) is 21.2. The fourth-order valence-corrected chi connectivity index (χ4v) is 2.94. The van der Waals surface area contributed by atoms with Gasteiger partial charge in [0.2, 0.25) is 17.7 Å². The molecule has 1 fully saturated rings. The van der Waals surface area contributed by atoms with Gasteiger partial charge in [0.1, 0.15) is 11.3 Å². The molecule has 1 aromatic heterocycles. The molecule has 3 amide bonds. The maximum atomic E-state index is 11.7. The van der Waals surface area contributed by atoms with Gasteiger partial charge in [-0.15, -0.1) is 11.8 Å². The Morgan fingerprint density at radius 2 is 2.32 bits per heavy atom. The minimum atomic E-state index is -0.466. The maximum Gasteiger partial charge on any atom is 0.230 e. The van der Waals surface area contributed by atoms with E-state index in [0.29, 0.717) is 12.3 Å². The monoisotopic (exact) mass is 326 g/mol. The fourth-order valence-electron chi connectivity index (χ4n) is 2.02. The number of carbonyl (C=O) groups excluding carboxylic acids is 3. The molecule has 1 aliphatic heterocycles. The van der Waals surface area contributed by atoms with Crippen LogP contribution >= 0.6 is 11.8 Å². The molecule has 0 aromatic carbocycles. The Balaban J connectivity index is 1.71. The summed E-state index contributed by atoms with van der Waals surface area (Å²) in [5.41, 5.74) is 4.72. The smallest absolute Gasteiger partial charge is 0.230 e. The molecule has 5 N–H and O–H groups in total. The van der Waals surface area contributed by atoms with Gasteiger partial charge in [0.15, 0.2) is 0 Å². The average molecular weight is 326 g/mol. The SMILES string of the molecule is NC(=O)CC1CC(=O)NC(SCC(=O)NCc2ccco2)N1. The van der Waals surface area contributed by atoms with Crippen LogP contribution in [0, 0.1) is 0 Å². The van der Waals surface area contributed by atoms with E-state index in [-0.39, 0.29) is 36.5 Å². The zero-order chi connectivity index (χ0) is 15.9. The van der Waals surface area contributed by atoms with Crippen molar-refractivity contribution in [1.29, 1.82) is 0 Å². The Bertz CT molecular complexity index is 532. The van der Waals surface area contributed by atoms with E-state index < -0.39 is 11.4 Å². The van der Waals surface area contributed by atoms with Crippen molar-refractivity contribution in [3.8, 4) is 0 Å². The average Bonchev–Trinajstić information content (AvgIpc) is 2.95. The Morgan fingerprint density at radius 1 is 1.50 bits per heavy atom. The van der Waals surface area contributed by atoms with Crippen molar-refractivity contribution in [1.82, 2.24) is 16.0 Å². The lowest BCUT2D eigenvalue weighted by Crippen LogP contribution is -2.55. The number of hydrogen-bond acceptors (Lipinski definition) is 6. The summed E-state index contributed by atoms with van der Waals surface area (Å²) in [5, 5.41) is 8.49. The highest BCUT2D eigenvalue weighted by atomic mass is 32.2. The van der Waals surface area contributed by atoms with Crippen molar-refractivity contribution in [3.63, 3.8) is 0 Å². The van der Waals surface area contributed by atoms with E-state index in [1.807, 2.05) is 0 Å². The lowest BCUT2D eigenvalue weighted by Gasteiger charge is -2.30. The molecular formula is C13H18N4O4S. The van der Waals surface area contributed by atoms with Gasteiger partial charge in [-0.2, -0.15) is 0 Å². The second kappa shape index (κ2) is 7.85. The Morgan fingerprint density at radius 3 is 3.00 bits per heavy atom. The standard InChI is InChI=1S/C13H18N4O4S/c14-10(18)4-8-5-11(19)17-13(16-8)22-7-12(20)15-6-9-2-1-3-21-9/h1-3,8,13,16H,4-7H2,(H2,14,18)(H,15,20)(H,17,19). The Kier molecular flexibility index (Phi) is 5.84. The van der Waals surface area contributed by atoms with E-state index in [0.717, 1.165) is 0 Å².